The lowest BCUT2D eigenvalue weighted by atomic mass is 10.1. The molecular weight excluding hydrogens is 230 g/mol. The Hall–Kier alpha value is -0.810. The normalized spacial score (nSPS) is 23.9. The van der Waals surface area contributed by atoms with Crippen LogP contribution in [-0.2, 0) is 4.74 Å². The van der Waals surface area contributed by atoms with Crippen LogP contribution in [0.25, 0.3) is 0 Å². The molecule has 2 unspecified atom stereocenters. The Morgan fingerprint density at radius 2 is 2.06 bits per heavy atom. The second-order valence-corrected chi connectivity index (χ2v) is 6.25. The van der Waals surface area contributed by atoms with Crippen molar-refractivity contribution in [3.63, 3.8) is 0 Å². The van der Waals surface area contributed by atoms with Gasteiger partial charge in [-0.25, -0.2) is 4.79 Å². The van der Waals surface area contributed by atoms with Crippen LogP contribution in [0.2, 0.25) is 0 Å². The van der Waals surface area contributed by atoms with E-state index in [9.17, 15) is 4.79 Å². The van der Waals surface area contributed by atoms with Crippen molar-refractivity contribution in [2.45, 2.75) is 52.3 Å². The van der Waals surface area contributed by atoms with Crippen LogP contribution in [-0.4, -0.2) is 59.8 Å². The molecule has 0 saturated carbocycles. The van der Waals surface area contributed by atoms with Crippen molar-refractivity contribution in [3.8, 4) is 0 Å². The van der Waals surface area contributed by atoms with Gasteiger partial charge < -0.3 is 15.4 Å². The Labute approximate surface area is 110 Å². The summed E-state index contributed by atoms with van der Waals surface area (Å²) >= 11 is 0. The molecule has 2 atom stereocenters. The Kier molecular flexibility index (Phi) is 4.99. The zero-order chi connectivity index (χ0) is 13.9. The van der Waals surface area contributed by atoms with Gasteiger partial charge in [0, 0.05) is 38.3 Å². The number of rotatable bonds is 2. The van der Waals surface area contributed by atoms with Crippen molar-refractivity contribution in [1.29, 1.82) is 0 Å². The summed E-state index contributed by atoms with van der Waals surface area (Å²) in [5.41, 5.74) is 5.39. The van der Waals surface area contributed by atoms with Gasteiger partial charge in [0.1, 0.15) is 5.60 Å². The van der Waals surface area contributed by atoms with Gasteiger partial charge in [0.15, 0.2) is 0 Å². The summed E-state index contributed by atoms with van der Waals surface area (Å²) in [7, 11) is 0. The zero-order valence-electron chi connectivity index (χ0n) is 12.3. The van der Waals surface area contributed by atoms with Crippen LogP contribution in [0.3, 0.4) is 0 Å². The molecule has 0 aromatic rings. The third kappa shape index (κ3) is 4.82. The van der Waals surface area contributed by atoms with E-state index in [-0.39, 0.29) is 12.1 Å². The maximum Gasteiger partial charge on any atom is 0.410 e. The molecular formula is C13H27N3O2. The highest BCUT2D eigenvalue weighted by molar-refractivity contribution is 5.68. The van der Waals surface area contributed by atoms with E-state index in [1.54, 1.807) is 4.90 Å². The average Bonchev–Trinajstić information content (AvgIpc) is 2.17. The van der Waals surface area contributed by atoms with Crippen LogP contribution in [0.15, 0.2) is 0 Å². The van der Waals surface area contributed by atoms with Crippen molar-refractivity contribution < 1.29 is 9.53 Å². The number of hydrogen-bond donors (Lipinski definition) is 1. The van der Waals surface area contributed by atoms with E-state index in [2.05, 4.69) is 11.8 Å². The minimum absolute atomic E-state index is 0.167. The molecule has 2 N–H and O–H groups in total. The van der Waals surface area contributed by atoms with Crippen LogP contribution in [0.4, 0.5) is 4.79 Å². The monoisotopic (exact) mass is 257 g/mol. The number of carbonyl (C=O) groups excluding carboxylic acids is 1. The predicted molar refractivity (Wildman–Crippen MR) is 72.5 cm³/mol. The Morgan fingerprint density at radius 3 is 2.50 bits per heavy atom. The third-order valence-corrected chi connectivity index (χ3v) is 2.94. The van der Waals surface area contributed by atoms with Crippen LogP contribution < -0.4 is 5.73 Å². The molecule has 0 radical (unpaired) electrons. The van der Waals surface area contributed by atoms with Gasteiger partial charge >= 0.3 is 6.09 Å². The minimum atomic E-state index is -0.427. The van der Waals surface area contributed by atoms with E-state index in [1.165, 1.54) is 0 Å². The highest BCUT2D eigenvalue weighted by Gasteiger charge is 2.29. The number of carbonyl (C=O) groups is 1. The third-order valence-electron chi connectivity index (χ3n) is 2.94. The smallest absolute Gasteiger partial charge is 0.410 e. The van der Waals surface area contributed by atoms with Crippen LogP contribution in [0.1, 0.15) is 34.6 Å². The molecule has 5 heteroatoms. The van der Waals surface area contributed by atoms with Crippen molar-refractivity contribution in [1.82, 2.24) is 9.80 Å². The van der Waals surface area contributed by atoms with Crippen LogP contribution >= 0.6 is 0 Å². The van der Waals surface area contributed by atoms with Gasteiger partial charge in [0.2, 0.25) is 0 Å². The van der Waals surface area contributed by atoms with E-state index in [1.807, 2.05) is 27.7 Å². The fraction of sp³-hybridized carbons (Fsp3) is 0.923. The second kappa shape index (κ2) is 5.89. The largest absolute Gasteiger partial charge is 0.444 e. The molecule has 18 heavy (non-hydrogen) atoms. The number of piperazine rings is 1. The molecule has 0 aromatic heterocycles. The minimum Gasteiger partial charge on any atom is -0.444 e. The maximum atomic E-state index is 11.9. The number of nitrogens with two attached hydrogens (primary N) is 1. The topological polar surface area (TPSA) is 58.8 Å². The average molecular weight is 257 g/mol. The van der Waals surface area contributed by atoms with Crippen molar-refractivity contribution in [3.05, 3.63) is 0 Å². The van der Waals surface area contributed by atoms with Gasteiger partial charge in [0.25, 0.3) is 0 Å². The standard InChI is InChI=1S/C13H27N3O2/c1-10(14)8-15-6-7-16(9-11(15)2)12(17)18-13(3,4)5/h10-11H,6-9,14H2,1-5H3. The quantitative estimate of drug-likeness (QED) is 0.809. The van der Waals surface area contributed by atoms with Crippen molar-refractivity contribution in [2.24, 2.45) is 5.73 Å². The zero-order valence-corrected chi connectivity index (χ0v) is 12.3. The van der Waals surface area contributed by atoms with Gasteiger partial charge in [-0.3, -0.25) is 4.90 Å². The first-order valence-corrected chi connectivity index (χ1v) is 6.66. The van der Waals surface area contributed by atoms with E-state index in [0.717, 1.165) is 13.1 Å². The van der Waals surface area contributed by atoms with Crippen LogP contribution in [0, 0.1) is 0 Å². The van der Waals surface area contributed by atoms with Crippen molar-refractivity contribution >= 4 is 6.09 Å². The first kappa shape index (κ1) is 15.2. The van der Waals surface area contributed by atoms with Gasteiger partial charge in [-0.15, -0.1) is 0 Å². The van der Waals surface area contributed by atoms with E-state index in [0.29, 0.717) is 19.1 Å². The van der Waals surface area contributed by atoms with E-state index >= 15 is 0 Å². The Bertz CT molecular complexity index is 286. The van der Waals surface area contributed by atoms with Gasteiger partial charge in [-0.05, 0) is 34.6 Å². The van der Waals surface area contributed by atoms with Crippen molar-refractivity contribution in [2.75, 3.05) is 26.2 Å². The first-order valence-electron chi connectivity index (χ1n) is 6.66. The molecule has 1 heterocycles. The summed E-state index contributed by atoms with van der Waals surface area (Å²) in [5.74, 6) is 0. The lowest BCUT2D eigenvalue weighted by Crippen LogP contribution is -2.56. The molecule has 0 aliphatic carbocycles. The molecule has 0 spiro atoms. The summed E-state index contributed by atoms with van der Waals surface area (Å²) in [6, 6.07) is 0.498. The summed E-state index contributed by atoms with van der Waals surface area (Å²) in [6.45, 7) is 13.0. The molecule has 5 nitrogen and oxygen atoms in total. The molecule has 1 rings (SSSR count). The molecule has 0 aromatic carbocycles. The summed E-state index contributed by atoms with van der Waals surface area (Å²) in [5, 5.41) is 0. The fourth-order valence-corrected chi connectivity index (χ4v) is 2.13. The molecule has 106 valence electrons. The molecule has 1 saturated heterocycles. The predicted octanol–water partition coefficient (Wildman–Crippen LogP) is 1.27. The summed E-state index contributed by atoms with van der Waals surface area (Å²) in [6.07, 6.45) is -0.213. The number of nitrogens with zero attached hydrogens (tertiary/aromatic N) is 2. The van der Waals surface area contributed by atoms with E-state index in [4.69, 9.17) is 10.5 Å². The maximum absolute atomic E-state index is 11.9. The molecule has 0 bridgehead atoms. The molecule has 1 aliphatic heterocycles. The first-order chi connectivity index (χ1) is 8.19. The number of hydrogen-bond acceptors (Lipinski definition) is 4. The van der Waals surface area contributed by atoms with Gasteiger partial charge in [0.05, 0.1) is 0 Å². The highest BCUT2D eigenvalue weighted by atomic mass is 16.6. The number of ether oxygens (including phenoxy) is 1. The summed E-state index contributed by atoms with van der Waals surface area (Å²) in [4.78, 5) is 16.1. The van der Waals surface area contributed by atoms with Gasteiger partial charge in [-0.1, -0.05) is 0 Å². The van der Waals surface area contributed by atoms with E-state index < -0.39 is 5.60 Å². The van der Waals surface area contributed by atoms with Crippen LogP contribution in [0.5, 0.6) is 0 Å². The van der Waals surface area contributed by atoms with Gasteiger partial charge in [-0.2, -0.15) is 0 Å². The molecule has 1 aliphatic rings. The Balaban J connectivity index is 2.48. The molecule has 1 amide bonds. The SMILES string of the molecule is CC(N)CN1CCN(C(=O)OC(C)(C)C)CC1C. The molecule has 1 fully saturated rings. The Morgan fingerprint density at radius 1 is 1.44 bits per heavy atom. The highest BCUT2D eigenvalue weighted by Crippen LogP contribution is 2.14. The lowest BCUT2D eigenvalue weighted by molar-refractivity contribution is 0.00533. The summed E-state index contributed by atoms with van der Waals surface area (Å²) < 4.78 is 5.39. The number of amides is 1. The fourth-order valence-electron chi connectivity index (χ4n) is 2.13. The second-order valence-electron chi connectivity index (χ2n) is 6.25. The lowest BCUT2D eigenvalue weighted by Gasteiger charge is -2.40.